The highest BCUT2D eigenvalue weighted by Gasteiger charge is 2.27. The first-order valence-corrected chi connectivity index (χ1v) is 9.26. The average molecular weight is 339 g/mol. The number of benzene rings is 2. The molecular weight excluding hydrogens is 306 g/mol. The van der Waals surface area contributed by atoms with Crippen molar-refractivity contribution in [3.8, 4) is 0 Å². The van der Waals surface area contributed by atoms with E-state index in [-0.39, 0.29) is 16.2 Å². The molecule has 2 nitrogen and oxygen atoms in total. The Bertz CT molecular complexity index is 861. The highest BCUT2D eigenvalue weighted by atomic mass is 15.8. The Hall–Kier alpha value is -1.83. The number of nitrogens with one attached hydrogen (secondary N) is 1. The van der Waals surface area contributed by atoms with Gasteiger partial charge in [-0.25, -0.2) is 4.99 Å². The van der Waals surface area contributed by atoms with Crippen LogP contribution in [0.4, 0.5) is 11.4 Å². The molecule has 3 rings (SSSR count). The summed E-state index contributed by atoms with van der Waals surface area (Å²) in [5.74, 6) is 1.04. The van der Waals surface area contributed by atoms with Crippen molar-refractivity contribution in [3.63, 3.8) is 0 Å². The molecule has 0 fully saturated rings. The van der Waals surface area contributed by atoms with E-state index >= 15 is 0 Å². The third-order valence-corrected chi connectivity index (χ3v) is 4.96. The van der Waals surface area contributed by atoms with Gasteiger partial charge in [-0.1, -0.05) is 74.4 Å². The minimum atomic E-state index is -0.0144. The quantitative estimate of drug-likeness (QED) is 0.517. The van der Waals surface area contributed by atoms with E-state index in [0.717, 1.165) is 11.5 Å². The zero-order valence-electron chi connectivity index (χ0n) is 17.3. The lowest BCUT2D eigenvalue weighted by Crippen LogP contribution is -2.29. The molecule has 0 spiro atoms. The fourth-order valence-electron chi connectivity index (χ4n) is 3.18. The van der Waals surface area contributed by atoms with Crippen molar-refractivity contribution in [3.05, 3.63) is 35.4 Å². The van der Waals surface area contributed by atoms with E-state index < -0.39 is 0 Å². The lowest BCUT2D eigenvalue weighted by molar-refractivity contribution is 0.586. The van der Waals surface area contributed by atoms with Gasteiger partial charge in [0.15, 0.2) is 0 Å². The summed E-state index contributed by atoms with van der Waals surface area (Å²) in [5, 5.41) is 6.15. The largest absolute Gasteiger partial charge is 0.343 e. The number of aliphatic imine (C=N–C) groups is 1. The third kappa shape index (κ3) is 3.31. The fourth-order valence-corrected chi connectivity index (χ4v) is 3.18. The van der Waals surface area contributed by atoms with Crippen LogP contribution in [-0.4, -0.2) is 5.84 Å². The maximum atomic E-state index is 5.01. The van der Waals surface area contributed by atoms with E-state index in [1.165, 1.54) is 27.6 Å². The molecule has 0 saturated heterocycles. The van der Waals surface area contributed by atoms with Crippen molar-refractivity contribution in [2.45, 2.75) is 73.1 Å². The SMILES string of the molecule is CC(C)(C)C1=[15N]c2cc(C(C)(C)C)cc3cc(C(C)(C)C)cc(c23)[15NH]1. The molecular formula is C23H32N2. The number of anilines is 1. The lowest BCUT2D eigenvalue weighted by Gasteiger charge is -2.30. The molecule has 0 bridgehead atoms. The van der Waals surface area contributed by atoms with Crippen LogP contribution >= 0.6 is 0 Å². The Labute approximate surface area is 152 Å². The van der Waals surface area contributed by atoms with Crippen LogP contribution in [0.5, 0.6) is 0 Å². The highest BCUT2D eigenvalue weighted by molar-refractivity contribution is 6.15. The summed E-state index contributed by atoms with van der Waals surface area (Å²) in [4.78, 5) is 5.01. The molecule has 2 heteroatoms. The summed E-state index contributed by atoms with van der Waals surface area (Å²) in [6.45, 7) is 20.3. The molecule has 0 amide bonds. The van der Waals surface area contributed by atoms with Gasteiger partial charge in [0.25, 0.3) is 0 Å². The van der Waals surface area contributed by atoms with Crippen LogP contribution in [0.3, 0.4) is 0 Å². The smallest absolute Gasteiger partial charge is 0.112 e. The molecule has 1 aliphatic rings. The van der Waals surface area contributed by atoms with Crippen LogP contribution in [0.1, 0.15) is 73.4 Å². The Balaban J connectivity index is 2.37. The van der Waals surface area contributed by atoms with Crippen LogP contribution in [0.25, 0.3) is 10.8 Å². The van der Waals surface area contributed by atoms with E-state index in [9.17, 15) is 0 Å². The van der Waals surface area contributed by atoms with Crippen LogP contribution in [0.15, 0.2) is 29.3 Å². The molecule has 1 heterocycles. The zero-order valence-corrected chi connectivity index (χ0v) is 17.3. The van der Waals surface area contributed by atoms with Gasteiger partial charge in [-0.2, -0.15) is 0 Å². The normalized spacial score (nSPS) is 15.2. The Morgan fingerprint density at radius 3 is 1.68 bits per heavy atom. The molecule has 0 unspecified atom stereocenters. The summed E-state index contributed by atoms with van der Waals surface area (Å²) < 4.78 is 0. The van der Waals surface area contributed by atoms with E-state index in [1.807, 2.05) is 0 Å². The van der Waals surface area contributed by atoms with E-state index in [2.05, 4.69) is 91.9 Å². The van der Waals surface area contributed by atoms with Gasteiger partial charge in [0.1, 0.15) is 5.84 Å². The van der Waals surface area contributed by atoms with Gasteiger partial charge >= 0.3 is 0 Å². The van der Waals surface area contributed by atoms with Gasteiger partial charge in [0.05, 0.1) is 5.69 Å². The van der Waals surface area contributed by atoms with Gasteiger partial charge in [-0.15, -0.1) is 0 Å². The summed E-state index contributed by atoms with van der Waals surface area (Å²) >= 11 is 0. The maximum Gasteiger partial charge on any atom is 0.112 e. The predicted molar refractivity (Wildman–Crippen MR) is 112 cm³/mol. The van der Waals surface area contributed by atoms with E-state index in [1.54, 1.807) is 0 Å². The monoisotopic (exact) mass is 338 g/mol. The van der Waals surface area contributed by atoms with Gasteiger partial charge in [-0.3, -0.25) is 0 Å². The van der Waals surface area contributed by atoms with Gasteiger partial charge in [0, 0.05) is 16.5 Å². The molecule has 0 saturated carbocycles. The minimum Gasteiger partial charge on any atom is -0.343 e. The molecule has 1 N–H and O–H groups in total. The van der Waals surface area contributed by atoms with Crippen molar-refractivity contribution in [1.29, 1.82) is 0 Å². The fraction of sp³-hybridized carbons (Fsp3) is 0.522. The van der Waals surface area contributed by atoms with Crippen molar-refractivity contribution in [1.82, 2.24) is 0 Å². The van der Waals surface area contributed by atoms with Crippen molar-refractivity contribution in [2.24, 2.45) is 10.4 Å². The number of nitrogens with zero attached hydrogens (tertiary/aromatic N) is 1. The first-order chi connectivity index (χ1) is 11.3. The Kier molecular flexibility index (Phi) is 3.83. The maximum absolute atomic E-state index is 5.01. The predicted octanol–water partition coefficient (Wildman–Crippen LogP) is 6.94. The van der Waals surface area contributed by atoms with E-state index in [4.69, 9.17) is 4.99 Å². The first kappa shape index (κ1) is 18.0. The molecule has 1 aliphatic heterocycles. The Morgan fingerprint density at radius 2 is 1.20 bits per heavy atom. The van der Waals surface area contributed by atoms with Crippen LogP contribution in [0.2, 0.25) is 0 Å². The summed E-state index contributed by atoms with van der Waals surface area (Å²) in [7, 11) is 0. The topological polar surface area (TPSA) is 24.4 Å². The van der Waals surface area contributed by atoms with Crippen LogP contribution in [-0.2, 0) is 10.8 Å². The second kappa shape index (κ2) is 5.33. The minimum absolute atomic E-state index is 0.0144. The first-order valence-electron chi connectivity index (χ1n) is 9.26. The molecule has 0 aromatic heterocycles. The van der Waals surface area contributed by atoms with Crippen molar-refractivity contribution >= 4 is 28.0 Å². The summed E-state index contributed by atoms with van der Waals surface area (Å²) in [6.07, 6.45) is 0. The van der Waals surface area contributed by atoms with E-state index in [0.29, 0.717) is 0 Å². The molecule has 2 aromatic carbocycles. The Morgan fingerprint density at radius 1 is 0.680 bits per heavy atom. The van der Waals surface area contributed by atoms with Crippen molar-refractivity contribution < 1.29 is 0 Å². The molecule has 0 atom stereocenters. The molecule has 25 heavy (non-hydrogen) atoms. The molecule has 2 aromatic rings. The van der Waals surface area contributed by atoms with Crippen LogP contribution < -0.4 is 5.32 Å². The second-order valence-corrected chi connectivity index (χ2v) is 10.5. The highest BCUT2D eigenvalue weighted by Crippen LogP contribution is 2.43. The molecule has 0 aliphatic carbocycles. The molecule has 134 valence electrons. The second-order valence-electron chi connectivity index (χ2n) is 10.5. The zero-order chi connectivity index (χ0) is 18.8. The van der Waals surface area contributed by atoms with Crippen molar-refractivity contribution in [2.75, 3.05) is 5.32 Å². The van der Waals surface area contributed by atoms with Gasteiger partial charge < -0.3 is 5.32 Å². The number of rotatable bonds is 0. The third-order valence-electron chi connectivity index (χ3n) is 4.96. The summed E-state index contributed by atoms with van der Waals surface area (Å²) in [6, 6.07) is 9.27. The molecule has 0 radical (unpaired) electrons. The number of amidine groups is 1. The lowest BCUT2D eigenvalue weighted by atomic mass is 9.82. The van der Waals surface area contributed by atoms with Gasteiger partial charge in [-0.05, 0) is 39.5 Å². The standard InChI is InChI=1S/C23H32N2/c1-21(2,3)15-10-14-11-16(22(4,5)6)13-18-19(14)17(12-15)24-20(25-18)23(7,8)9/h10-13H,1-9H3,(H,24,25)/i24+1,25+1. The van der Waals surface area contributed by atoms with Gasteiger partial charge in [0.2, 0.25) is 0 Å². The number of hydrogen-bond donors (Lipinski definition) is 1. The number of hydrogen-bond acceptors (Lipinski definition) is 2. The van der Waals surface area contributed by atoms with Crippen LogP contribution in [0, 0.1) is 5.41 Å². The average Bonchev–Trinajstić information content (AvgIpc) is 2.43. The summed E-state index contributed by atoms with van der Waals surface area (Å²) in [5.41, 5.74) is 5.19.